The van der Waals surface area contributed by atoms with Gasteiger partial charge < -0.3 is 9.47 Å². The maximum absolute atomic E-state index is 11.8. The van der Waals surface area contributed by atoms with E-state index in [1.165, 1.54) is 0 Å². The number of rotatable bonds is 6. The molecular formula is C14H18O4. The van der Waals surface area contributed by atoms with Crippen LogP contribution in [0.1, 0.15) is 36.2 Å². The minimum atomic E-state index is -0.492. The molecule has 0 atom stereocenters. The van der Waals surface area contributed by atoms with Gasteiger partial charge in [-0.3, -0.25) is 9.59 Å². The van der Waals surface area contributed by atoms with Crippen molar-refractivity contribution in [2.75, 3.05) is 13.2 Å². The van der Waals surface area contributed by atoms with Gasteiger partial charge in [-0.25, -0.2) is 0 Å². The lowest BCUT2D eigenvalue weighted by molar-refractivity contribution is -0.141. The van der Waals surface area contributed by atoms with E-state index in [0.717, 1.165) is 11.3 Å². The highest BCUT2D eigenvalue weighted by Crippen LogP contribution is 2.20. The molecule has 1 aromatic carbocycles. The van der Waals surface area contributed by atoms with E-state index >= 15 is 0 Å². The minimum absolute atomic E-state index is 0.221. The minimum Gasteiger partial charge on any atom is -0.494 e. The van der Waals surface area contributed by atoms with Gasteiger partial charge in [0, 0.05) is 5.56 Å². The van der Waals surface area contributed by atoms with Crippen molar-refractivity contribution in [1.29, 1.82) is 0 Å². The Morgan fingerprint density at radius 3 is 2.44 bits per heavy atom. The molecule has 98 valence electrons. The summed E-state index contributed by atoms with van der Waals surface area (Å²) in [5, 5.41) is 0. The van der Waals surface area contributed by atoms with Crippen LogP contribution in [-0.4, -0.2) is 25.0 Å². The first kappa shape index (κ1) is 14.2. The molecule has 18 heavy (non-hydrogen) atoms. The van der Waals surface area contributed by atoms with Gasteiger partial charge in [0.25, 0.3) is 0 Å². The van der Waals surface area contributed by atoms with Crippen molar-refractivity contribution in [3.8, 4) is 5.75 Å². The molecule has 0 aliphatic rings. The van der Waals surface area contributed by atoms with Crippen molar-refractivity contribution < 1.29 is 19.1 Å². The molecule has 0 saturated carbocycles. The summed E-state index contributed by atoms with van der Waals surface area (Å²) in [7, 11) is 0. The summed E-state index contributed by atoms with van der Waals surface area (Å²) in [6.07, 6.45) is -0.221. The number of ether oxygens (including phenoxy) is 2. The Labute approximate surface area is 107 Å². The number of carbonyl (C=O) groups excluding carboxylic acids is 2. The van der Waals surface area contributed by atoms with Crippen LogP contribution in [0.5, 0.6) is 5.75 Å². The second-order valence-corrected chi connectivity index (χ2v) is 3.82. The third-order valence-corrected chi connectivity index (χ3v) is 2.41. The van der Waals surface area contributed by atoms with Crippen LogP contribution in [0.3, 0.4) is 0 Å². The van der Waals surface area contributed by atoms with Gasteiger partial charge in [0.15, 0.2) is 5.78 Å². The zero-order chi connectivity index (χ0) is 13.5. The van der Waals surface area contributed by atoms with Gasteiger partial charge in [-0.1, -0.05) is 0 Å². The van der Waals surface area contributed by atoms with Gasteiger partial charge in [0.1, 0.15) is 12.2 Å². The van der Waals surface area contributed by atoms with Crippen LogP contribution in [0, 0.1) is 6.92 Å². The summed E-state index contributed by atoms with van der Waals surface area (Å²) in [6.45, 7) is 6.35. The number of ketones is 1. The smallest absolute Gasteiger partial charge is 0.313 e. The van der Waals surface area contributed by atoms with Crippen LogP contribution in [0.4, 0.5) is 0 Å². The molecule has 4 heteroatoms. The number of aryl methyl sites for hydroxylation is 1. The SMILES string of the molecule is CCOC(=O)CC(=O)c1ccc(OCC)c(C)c1. The number of carbonyl (C=O) groups is 2. The predicted molar refractivity (Wildman–Crippen MR) is 67.9 cm³/mol. The van der Waals surface area contributed by atoms with E-state index < -0.39 is 5.97 Å². The van der Waals surface area contributed by atoms with Crippen molar-refractivity contribution in [3.05, 3.63) is 29.3 Å². The fourth-order valence-corrected chi connectivity index (χ4v) is 1.59. The Morgan fingerprint density at radius 1 is 1.17 bits per heavy atom. The maximum Gasteiger partial charge on any atom is 0.313 e. The summed E-state index contributed by atoms with van der Waals surface area (Å²) in [4.78, 5) is 23.0. The summed E-state index contributed by atoms with van der Waals surface area (Å²) in [5.74, 6) is 0.0267. The highest BCUT2D eigenvalue weighted by atomic mass is 16.5. The second kappa shape index (κ2) is 6.79. The van der Waals surface area contributed by atoms with Gasteiger partial charge >= 0.3 is 5.97 Å². The number of esters is 1. The predicted octanol–water partition coefficient (Wildman–Crippen LogP) is 2.53. The van der Waals surface area contributed by atoms with E-state index in [1.54, 1.807) is 25.1 Å². The molecule has 4 nitrogen and oxygen atoms in total. The van der Waals surface area contributed by atoms with Crippen molar-refractivity contribution in [2.45, 2.75) is 27.2 Å². The molecule has 0 radical (unpaired) electrons. The molecule has 0 fully saturated rings. The Kier molecular flexibility index (Phi) is 5.36. The number of hydrogen-bond acceptors (Lipinski definition) is 4. The first-order valence-electron chi connectivity index (χ1n) is 6.00. The number of Topliss-reactive ketones (excluding diaryl/α,β-unsaturated/α-hetero) is 1. The molecule has 0 amide bonds. The number of benzene rings is 1. The Hall–Kier alpha value is -1.84. The molecular weight excluding hydrogens is 232 g/mol. The second-order valence-electron chi connectivity index (χ2n) is 3.82. The molecule has 0 heterocycles. The summed E-state index contributed by atoms with van der Waals surface area (Å²) in [5.41, 5.74) is 1.38. The number of hydrogen-bond donors (Lipinski definition) is 0. The lowest BCUT2D eigenvalue weighted by Gasteiger charge is -2.08. The average Bonchev–Trinajstić information content (AvgIpc) is 2.32. The lowest BCUT2D eigenvalue weighted by Crippen LogP contribution is -2.11. The topological polar surface area (TPSA) is 52.6 Å². The van der Waals surface area contributed by atoms with E-state index in [2.05, 4.69) is 0 Å². The molecule has 1 rings (SSSR count). The fourth-order valence-electron chi connectivity index (χ4n) is 1.59. The molecule has 0 spiro atoms. The Balaban J connectivity index is 2.75. The Bertz CT molecular complexity index is 437. The zero-order valence-corrected chi connectivity index (χ0v) is 11.0. The third kappa shape index (κ3) is 3.87. The van der Waals surface area contributed by atoms with E-state index in [-0.39, 0.29) is 18.8 Å². The van der Waals surface area contributed by atoms with E-state index in [1.807, 2.05) is 13.8 Å². The quantitative estimate of drug-likeness (QED) is 0.442. The lowest BCUT2D eigenvalue weighted by atomic mass is 10.1. The van der Waals surface area contributed by atoms with Crippen molar-refractivity contribution in [3.63, 3.8) is 0 Å². The summed E-state index contributed by atoms with van der Waals surface area (Å²) < 4.78 is 10.1. The summed E-state index contributed by atoms with van der Waals surface area (Å²) in [6, 6.07) is 5.14. The van der Waals surface area contributed by atoms with Gasteiger partial charge in [0.2, 0.25) is 0 Å². The third-order valence-electron chi connectivity index (χ3n) is 2.41. The van der Waals surface area contributed by atoms with E-state index in [4.69, 9.17) is 9.47 Å². The fraction of sp³-hybridized carbons (Fsp3) is 0.429. The molecule has 0 saturated heterocycles. The highest BCUT2D eigenvalue weighted by Gasteiger charge is 2.13. The van der Waals surface area contributed by atoms with Gasteiger partial charge in [-0.2, -0.15) is 0 Å². The van der Waals surface area contributed by atoms with Crippen LogP contribution < -0.4 is 4.74 Å². The zero-order valence-electron chi connectivity index (χ0n) is 11.0. The first-order chi connectivity index (χ1) is 8.58. The molecule has 0 bridgehead atoms. The normalized spacial score (nSPS) is 9.94. The molecule has 0 unspecified atom stereocenters. The van der Waals surface area contributed by atoms with Crippen LogP contribution in [0.2, 0.25) is 0 Å². The van der Waals surface area contributed by atoms with Crippen LogP contribution in [-0.2, 0) is 9.53 Å². The van der Waals surface area contributed by atoms with E-state index in [9.17, 15) is 9.59 Å². The monoisotopic (exact) mass is 250 g/mol. The molecule has 0 aliphatic heterocycles. The molecule has 0 N–H and O–H groups in total. The maximum atomic E-state index is 11.8. The largest absolute Gasteiger partial charge is 0.494 e. The average molecular weight is 250 g/mol. The molecule has 1 aromatic rings. The molecule has 0 aliphatic carbocycles. The highest BCUT2D eigenvalue weighted by molar-refractivity contribution is 6.06. The van der Waals surface area contributed by atoms with Gasteiger partial charge in [-0.05, 0) is 44.5 Å². The van der Waals surface area contributed by atoms with Crippen molar-refractivity contribution in [2.24, 2.45) is 0 Å². The van der Waals surface area contributed by atoms with Crippen LogP contribution in [0.25, 0.3) is 0 Å². The summed E-state index contributed by atoms with van der Waals surface area (Å²) >= 11 is 0. The van der Waals surface area contributed by atoms with Crippen molar-refractivity contribution in [1.82, 2.24) is 0 Å². The Morgan fingerprint density at radius 2 is 1.89 bits per heavy atom. The first-order valence-corrected chi connectivity index (χ1v) is 6.00. The van der Waals surface area contributed by atoms with E-state index in [0.29, 0.717) is 12.2 Å². The standard InChI is InChI=1S/C14H18O4/c1-4-17-13-7-6-11(8-10(13)3)12(15)9-14(16)18-5-2/h6-8H,4-5,9H2,1-3H3. The molecule has 0 aromatic heterocycles. The van der Waals surface area contributed by atoms with Gasteiger partial charge in [-0.15, -0.1) is 0 Å². The van der Waals surface area contributed by atoms with Crippen LogP contribution in [0.15, 0.2) is 18.2 Å². The van der Waals surface area contributed by atoms with Crippen molar-refractivity contribution >= 4 is 11.8 Å². The van der Waals surface area contributed by atoms with Gasteiger partial charge in [0.05, 0.1) is 13.2 Å². The van der Waals surface area contributed by atoms with Crippen LogP contribution >= 0.6 is 0 Å².